The molecule has 0 radical (unpaired) electrons. The van der Waals surface area contributed by atoms with Crippen LogP contribution in [-0.4, -0.2) is 15.6 Å². The zero-order chi connectivity index (χ0) is 16.7. The highest BCUT2D eigenvalue weighted by Gasteiger charge is 2.13. The summed E-state index contributed by atoms with van der Waals surface area (Å²) in [6, 6.07) is 11.5. The molecule has 0 atom stereocenters. The summed E-state index contributed by atoms with van der Waals surface area (Å²) in [5, 5.41) is 1.55. The van der Waals surface area contributed by atoms with Crippen molar-refractivity contribution in [2.45, 2.75) is 13.3 Å². The van der Waals surface area contributed by atoms with Crippen LogP contribution in [0.4, 0.5) is 0 Å². The van der Waals surface area contributed by atoms with Crippen LogP contribution >= 0.6 is 22.7 Å². The summed E-state index contributed by atoms with van der Waals surface area (Å²) in [6.45, 7) is 2.03. The average molecular weight is 355 g/mol. The molecule has 0 unspecified atom stereocenters. The van der Waals surface area contributed by atoms with Crippen LogP contribution in [-0.2, 0) is 6.42 Å². The number of carbonyl (C=O) groups is 1. The van der Waals surface area contributed by atoms with Gasteiger partial charge in [0.1, 0.15) is 11.2 Å². The van der Waals surface area contributed by atoms with E-state index < -0.39 is 0 Å². The Morgan fingerprint density at radius 2 is 2.08 bits per heavy atom. The van der Waals surface area contributed by atoms with Gasteiger partial charge in [-0.25, -0.2) is 9.66 Å². The van der Waals surface area contributed by atoms with Crippen molar-refractivity contribution in [3.05, 3.63) is 62.8 Å². The monoisotopic (exact) mass is 355 g/mol. The Kier molecular flexibility index (Phi) is 3.66. The predicted octanol–water partition coefficient (Wildman–Crippen LogP) is 3.62. The van der Waals surface area contributed by atoms with E-state index in [-0.39, 0.29) is 11.5 Å². The molecule has 24 heavy (non-hydrogen) atoms. The molecule has 4 aromatic rings. The SMILES string of the molecule is CCc1cc2c(=O)n(NC(=O)c3cc4ccccc4s3)cnc2s1. The number of carbonyl (C=O) groups excluding carboxylic acids is 1. The number of nitrogens with one attached hydrogen (secondary N) is 1. The van der Waals surface area contributed by atoms with E-state index in [1.54, 1.807) is 0 Å². The van der Waals surface area contributed by atoms with Gasteiger partial charge in [-0.2, -0.15) is 0 Å². The van der Waals surface area contributed by atoms with Crippen molar-refractivity contribution in [1.29, 1.82) is 0 Å². The molecule has 3 aromatic heterocycles. The Morgan fingerprint density at radius 3 is 2.88 bits per heavy atom. The smallest absolute Gasteiger partial charge is 0.267 e. The van der Waals surface area contributed by atoms with Gasteiger partial charge in [-0.15, -0.1) is 22.7 Å². The van der Waals surface area contributed by atoms with E-state index in [2.05, 4.69) is 10.4 Å². The summed E-state index contributed by atoms with van der Waals surface area (Å²) in [6.07, 6.45) is 2.22. The molecule has 0 aliphatic rings. The lowest BCUT2D eigenvalue weighted by atomic mass is 10.2. The van der Waals surface area contributed by atoms with Crippen molar-refractivity contribution < 1.29 is 4.79 Å². The van der Waals surface area contributed by atoms with Gasteiger partial charge in [0.15, 0.2) is 0 Å². The fourth-order valence-electron chi connectivity index (χ4n) is 2.48. The molecule has 7 heteroatoms. The van der Waals surface area contributed by atoms with E-state index in [0.717, 1.165) is 26.1 Å². The predicted molar refractivity (Wildman–Crippen MR) is 98.8 cm³/mol. The third-order valence-corrected chi connectivity index (χ3v) is 6.03. The number of amides is 1. The average Bonchev–Trinajstić information content (AvgIpc) is 3.21. The number of benzene rings is 1. The summed E-state index contributed by atoms with van der Waals surface area (Å²) in [5.74, 6) is -0.314. The number of hydrogen-bond donors (Lipinski definition) is 1. The summed E-state index contributed by atoms with van der Waals surface area (Å²) in [4.78, 5) is 31.6. The highest BCUT2D eigenvalue weighted by molar-refractivity contribution is 7.20. The van der Waals surface area contributed by atoms with E-state index in [4.69, 9.17) is 0 Å². The molecule has 1 amide bonds. The van der Waals surface area contributed by atoms with Gasteiger partial charge in [0.05, 0.1) is 10.3 Å². The third kappa shape index (κ3) is 2.51. The molecule has 1 aromatic carbocycles. The molecule has 0 fully saturated rings. The second kappa shape index (κ2) is 5.85. The number of nitrogens with zero attached hydrogens (tertiary/aromatic N) is 2. The van der Waals surface area contributed by atoms with Crippen molar-refractivity contribution in [1.82, 2.24) is 9.66 Å². The Bertz CT molecular complexity index is 1090. The highest BCUT2D eigenvalue weighted by Crippen LogP contribution is 2.25. The number of fused-ring (bicyclic) bond motifs is 2. The topological polar surface area (TPSA) is 64.0 Å². The molecule has 0 saturated carbocycles. The molecule has 0 spiro atoms. The standard InChI is InChI=1S/C17H13N3O2S2/c1-2-11-8-12-16(23-11)18-9-20(17(12)22)19-15(21)14-7-10-5-3-4-6-13(10)24-14/h3-9H,2H2,1H3,(H,19,21). The van der Waals surface area contributed by atoms with Gasteiger partial charge in [0.25, 0.3) is 11.5 Å². The van der Waals surface area contributed by atoms with E-state index in [1.165, 1.54) is 29.0 Å². The molecular weight excluding hydrogens is 342 g/mol. The molecule has 0 saturated heterocycles. The number of aryl methyl sites for hydroxylation is 1. The molecule has 120 valence electrons. The molecule has 0 aliphatic carbocycles. The maximum absolute atomic E-state index is 12.5. The van der Waals surface area contributed by atoms with E-state index in [9.17, 15) is 9.59 Å². The normalized spacial score (nSPS) is 11.2. The zero-order valence-corrected chi connectivity index (χ0v) is 14.4. The van der Waals surface area contributed by atoms with Crippen LogP contribution in [0, 0.1) is 0 Å². The van der Waals surface area contributed by atoms with Gasteiger partial charge in [-0.05, 0) is 30.0 Å². The van der Waals surface area contributed by atoms with Gasteiger partial charge in [0.2, 0.25) is 0 Å². The van der Waals surface area contributed by atoms with Crippen molar-refractivity contribution in [2.24, 2.45) is 0 Å². The Hall–Kier alpha value is -2.51. The number of aromatic nitrogens is 2. The van der Waals surface area contributed by atoms with Crippen molar-refractivity contribution >= 4 is 48.9 Å². The maximum Gasteiger partial charge on any atom is 0.280 e. The lowest BCUT2D eigenvalue weighted by Gasteiger charge is -2.05. The molecule has 1 N–H and O–H groups in total. The minimum atomic E-state index is -0.314. The Morgan fingerprint density at radius 1 is 1.25 bits per heavy atom. The summed E-state index contributed by atoms with van der Waals surface area (Å²) in [5.41, 5.74) is 2.37. The maximum atomic E-state index is 12.5. The van der Waals surface area contributed by atoms with Gasteiger partial charge in [-0.1, -0.05) is 25.1 Å². The summed E-state index contributed by atoms with van der Waals surface area (Å²) in [7, 11) is 0. The van der Waals surface area contributed by atoms with Crippen LogP contribution in [0.1, 0.15) is 21.5 Å². The second-order valence-corrected chi connectivity index (χ2v) is 7.49. The van der Waals surface area contributed by atoms with E-state index in [0.29, 0.717) is 15.1 Å². The van der Waals surface area contributed by atoms with Crippen LogP contribution in [0.3, 0.4) is 0 Å². The Labute approximate surface area is 145 Å². The molecule has 5 nitrogen and oxygen atoms in total. The first-order chi connectivity index (χ1) is 11.7. The third-order valence-electron chi connectivity index (χ3n) is 3.72. The highest BCUT2D eigenvalue weighted by atomic mass is 32.1. The molecule has 0 bridgehead atoms. The van der Waals surface area contributed by atoms with Crippen molar-refractivity contribution in [3.63, 3.8) is 0 Å². The zero-order valence-electron chi connectivity index (χ0n) is 12.8. The lowest BCUT2D eigenvalue weighted by molar-refractivity contribution is 0.101. The first-order valence-electron chi connectivity index (χ1n) is 7.45. The first kappa shape index (κ1) is 15.0. The van der Waals surface area contributed by atoms with Crippen LogP contribution < -0.4 is 11.0 Å². The minimum Gasteiger partial charge on any atom is -0.267 e. The molecule has 0 aliphatic heterocycles. The quantitative estimate of drug-likeness (QED) is 0.610. The summed E-state index contributed by atoms with van der Waals surface area (Å²) < 4.78 is 2.19. The number of rotatable bonds is 3. The lowest BCUT2D eigenvalue weighted by Crippen LogP contribution is -2.32. The fourth-order valence-corrected chi connectivity index (χ4v) is 4.36. The minimum absolute atomic E-state index is 0.259. The van der Waals surface area contributed by atoms with Gasteiger partial charge in [-0.3, -0.25) is 15.0 Å². The van der Waals surface area contributed by atoms with Crippen LogP contribution in [0.5, 0.6) is 0 Å². The number of thiophene rings is 2. The van der Waals surface area contributed by atoms with Crippen molar-refractivity contribution in [2.75, 3.05) is 5.43 Å². The van der Waals surface area contributed by atoms with E-state index >= 15 is 0 Å². The van der Waals surface area contributed by atoms with Gasteiger partial charge < -0.3 is 0 Å². The van der Waals surface area contributed by atoms with Crippen molar-refractivity contribution in [3.8, 4) is 0 Å². The summed E-state index contributed by atoms with van der Waals surface area (Å²) >= 11 is 2.90. The van der Waals surface area contributed by atoms with Crippen LogP contribution in [0.25, 0.3) is 20.3 Å². The van der Waals surface area contributed by atoms with Gasteiger partial charge >= 0.3 is 0 Å². The molecule has 4 rings (SSSR count). The molecule has 3 heterocycles. The van der Waals surface area contributed by atoms with Crippen LogP contribution in [0.15, 0.2) is 47.5 Å². The van der Waals surface area contributed by atoms with E-state index in [1.807, 2.05) is 43.3 Å². The Balaban J connectivity index is 1.69. The van der Waals surface area contributed by atoms with Gasteiger partial charge in [0, 0.05) is 9.58 Å². The first-order valence-corrected chi connectivity index (χ1v) is 9.09. The second-order valence-electron chi connectivity index (χ2n) is 5.29. The number of hydrogen-bond acceptors (Lipinski definition) is 5. The largest absolute Gasteiger partial charge is 0.280 e. The molecular formula is C17H13N3O2S2. The van der Waals surface area contributed by atoms with Crippen LogP contribution in [0.2, 0.25) is 0 Å². The fraction of sp³-hybridized carbons (Fsp3) is 0.118.